The Balaban J connectivity index is 2.06. The third-order valence-corrected chi connectivity index (χ3v) is 3.51. The van der Waals surface area contributed by atoms with Crippen LogP contribution in [0, 0.1) is 0 Å². The molecule has 0 saturated heterocycles. The quantitative estimate of drug-likeness (QED) is 0.623. The summed E-state index contributed by atoms with van der Waals surface area (Å²) in [5.41, 5.74) is 5.71. The average Bonchev–Trinajstić information content (AvgIpc) is 2.53. The Bertz CT molecular complexity index is 651. The number of amides is 1. The first-order chi connectivity index (χ1) is 10.6. The van der Waals surface area contributed by atoms with Gasteiger partial charge in [0.05, 0.1) is 12.7 Å². The SMILES string of the molecule is COc1ccnc(NNC(=O)c2cccnc2SC(C)C)n1. The van der Waals surface area contributed by atoms with E-state index in [0.29, 0.717) is 21.7 Å². The molecule has 2 N–H and O–H groups in total. The summed E-state index contributed by atoms with van der Waals surface area (Å²) in [6, 6.07) is 5.06. The Morgan fingerprint density at radius 3 is 2.82 bits per heavy atom. The molecule has 2 rings (SSSR count). The third-order valence-electron chi connectivity index (χ3n) is 2.49. The van der Waals surface area contributed by atoms with Gasteiger partial charge in [0.15, 0.2) is 0 Å². The van der Waals surface area contributed by atoms with Crippen LogP contribution in [0.1, 0.15) is 24.2 Å². The van der Waals surface area contributed by atoms with Crippen LogP contribution in [0.25, 0.3) is 0 Å². The lowest BCUT2D eigenvalue weighted by Gasteiger charge is -2.11. The van der Waals surface area contributed by atoms with Gasteiger partial charge in [0.2, 0.25) is 11.8 Å². The van der Waals surface area contributed by atoms with E-state index in [0.717, 1.165) is 0 Å². The highest BCUT2D eigenvalue weighted by Gasteiger charge is 2.14. The fourth-order valence-electron chi connectivity index (χ4n) is 1.58. The van der Waals surface area contributed by atoms with Crippen LogP contribution in [-0.2, 0) is 0 Å². The second-order valence-corrected chi connectivity index (χ2v) is 6.09. The van der Waals surface area contributed by atoms with E-state index in [1.54, 1.807) is 24.4 Å². The first kappa shape index (κ1) is 16.0. The molecule has 2 aromatic heterocycles. The summed E-state index contributed by atoms with van der Waals surface area (Å²) in [5.74, 6) is 0.349. The number of methoxy groups -OCH3 is 1. The van der Waals surface area contributed by atoms with Gasteiger partial charge in [-0.15, -0.1) is 11.8 Å². The number of hydrogen-bond donors (Lipinski definition) is 2. The molecule has 22 heavy (non-hydrogen) atoms. The van der Waals surface area contributed by atoms with Gasteiger partial charge in [-0.1, -0.05) is 13.8 Å². The van der Waals surface area contributed by atoms with Crippen molar-refractivity contribution < 1.29 is 9.53 Å². The predicted molar refractivity (Wildman–Crippen MR) is 84.9 cm³/mol. The number of thioether (sulfide) groups is 1. The minimum absolute atomic E-state index is 0.245. The van der Waals surface area contributed by atoms with Gasteiger partial charge in [0, 0.05) is 23.7 Å². The zero-order valence-electron chi connectivity index (χ0n) is 12.5. The number of anilines is 1. The normalized spacial score (nSPS) is 10.4. The third kappa shape index (κ3) is 4.32. The van der Waals surface area contributed by atoms with E-state index in [1.807, 2.05) is 13.8 Å². The first-order valence-corrected chi connectivity index (χ1v) is 7.53. The van der Waals surface area contributed by atoms with Crippen molar-refractivity contribution in [3.8, 4) is 5.88 Å². The smallest absolute Gasteiger partial charge is 0.272 e. The summed E-state index contributed by atoms with van der Waals surface area (Å²) in [6.45, 7) is 4.09. The fourth-order valence-corrected chi connectivity index (χ4v) is 2.43. The molecule has 0 spiro atoms. The van der Waals surface area contributed by atoms with E-state index in [4.69, 9.17) is 4.74 Å². The predicted octanol–water partition coefficient (Wildman–Crippen LogP) is 2.14. The number of aromatic nitrogens is 3. The van der Waals surface area contributed by atoms with Crippen molar-refractivity contribution >= 4 is 23.6 Å². The molecule has 2 heterocycles. The van der Waals surface area contributed by atoms with Gasteiger partial charge in [-0.3, -0.25) is 15.6 Å². The lowest BCUT2D eigenvalue weighted by Crippen LogP contribution is -2.31. The van der Waals surface area contributed by atoms with Crippen LogP contribution in [0.4, 0.5) is 5.95 Å². The van der Waals surface area contributed by atoms with Gasteiger partial charge in [0.25, 0.3) is 5.91 Å². The molecule has 0 aliphatic rings. The Morgan fingerprint density at radius 1 is 1.27 bits per heavy atom. The van der Waals surface area contributed by atoms with Crippen LogP contribution in [0.5, 0.6) is 5.88 Å². The van der Waals surface area contributed by atoms with Gasteiger partial charge >= 0.3 is 0 Å². The van der Waals surface area contributed by atoms with Crippen molar-refractivity contribution in [2.24, 2.45) is 0 Å². The Morgan fingerprint density at radius 2 is 2.09 bits per heavy atom. The first-order valence-electron chi connectivity index (χ1n) is 6.65. The maximum Gasteiger partial charge on any atom is 0.272 e. The number of hydrazine groups is 1. The van der Waals surface area contributed by atoms with E-state index in [-0.39, 0.29) is 11.9 Å². The van der Waals surface area contributed by atoms with E-state index in [2.05, 4.69) is 25.8 Å². The van der Waals surface area contributed by atoms with Crippen LogP contribution >= 0.6 is 11.8 Å². The molecule has 0 saturated carbocycles. The van der Waals surface area contributed by atoms with Gasteiger partial charge in [-0.25, -0.2) is 9.97 Å². The molecule has 0 fully saturated rings. The lowest BCUT2D eigenvalue weighted by molar-refractivity contribution is 0.0958. The molecule has 116 valence electrons. The van der Waals surface area contributed by atoms with E-state index in [9.17, 15) is 4.79 Å². The molecule has 0 bridgehead atoms. The number of nitrogens with one attached hydrogen (secondary N) is 2. The number of rotatable bonds is 6. The van der Waals surface area contributed by atoms with Crippen molar-refractivity contribution in [3.63, 3.8) is 0 Å². The van der Waals surface area contributed by atoms with Crippen molar-refractivity contribution in [1.29, 1.82) is 0 Å². The molecule has 0 radical (unpaired) electrons. The molecule has 8 heteroatoms. The second-order valence-electron chi connectivity index (χ2n) is 4.52. The summed E-state index contributed by atoms with van der Waals surface area (Å²) in [6.07, 6.45) is 3.20. The maximum absolute atomic E-state index is 12.3. The molecule has 1 amide bonds. The molecule has 7 nitrogen and oxygen atoms in total. The van der Waals surface area contributed by atoms with Crippen molar-refractivity contribution in [3.05, 3.63) is 36.2 Å². The average molecular weight is 319 g/mol. The highest BCUT2D eigenvalue weighted by molar-refractivity contribution is 7.99. The highest BCUT2D eigenvalue weighted by Crippen LogP contribution is 2.24. The molecule has 0 aromatic carbocycles. The standard InChI is InChI=1S/C14H17N5O2S/c1-9(2)22-13-10(5-4-7-15-13)12(20)18-19-14-16-8-6-11(17-14)21-3/h4-9H,1-3H3,(H,18,20)(H,16,17,19). The van der Waals surface area contributed by atoms with Crippen LogP contribution in [0.15, 0.2) is 35.6 Å². The molecular formula is C14H17N5O2S. The van der Waals surface area contributed by atoms with Crippen molar-refractivity contribution in [1.82, 2.24) is 20.4 Å². The van der Waals surface area contributed by atoms with Crippen LogP contribution < -0.4 is 15.6 Å². The lowest BCUT2D eigenvalue weighted by atomic mass is 10.3. The van der Waals surface area contributed by atoms with Crippen LogP contribution in [0.3, 0.4) is 0 Å². The Labute approximate surface area is 132 Å². The minimum atomic E-state index is -0.303. The molecule has 0 aliphatic carbocycles. The summed E-state index contributed by atoms with van der Waals surface area (Å²) >= 11 is 1.53. The summed E-state index contributed by atoms with van der Waals surface area (Å²) < 4.78 is 4.99. The Kier molecular flexibility index (Phi) is 5.54. The van der Waals surface area contributed by atoms with E-state index >= 15 is 0 Å². The number of nitrogens with zero attached hydrogens (tertiary/aromatic N) is 3. The zero-order chi connectivity index (χ0) is 15.9. The van der Waals surface area contributed by atoms with E-state index in [1.165, 1.54) is 25.1 Å². The number of carbonyl (C=O) groups excluding carboxylic acids is 1. The topological polar surface area (TPSA) is 89.0 Å². The molecule has 2 aromatic rings. The maximum atomic E-state index is 12.3. The van der Waals surface area contributed by atoms with Crippen molar-refractivity contribution in [2.75, 3.05) is 12.5 Å². The van der Waals surface area contributed by atoms with Gasteiger partial charge in [-0.05, 0) is 12.1 Å². The van der Waals surface area contributed by atoms with Gasteiger partial charge < -0.3 is 4.74 Å². The fraction of sp³-hybridized carbons (Fsp3) is 0.286. The van der Waals surface area contributed by atoms with E-state index < -0.39 is 0 Å². The monoisotopic (exact) mass is 319 g/mol. The number of ether oxygens (including phenoxy) is 1. The number of pyridine rings is 1. The molecule has 0 aliphatic heterocycles. The second kappa shape index (κ2) is 7.60. The minimum Gasteiger partial charge on any atom is -0.481 e. The van der Waals surface area contributed by atoms with Crippen LogP contribution in [0.2, 0.25) is 0 Å². The van der Waals surface area contributed by atoms with Gasteiger partial charge in [-0.2, -0.15) is 4.98 Å². The summed E-state index contributed by atoms with van der Waals surface area (Å²) in [7, 11) is 1.51. The summed E-state index contributed by atoms with van der Waals surface area (Å²) in [4.78, 5) is 24.5. The largest absolute Gasteiger partial charge is 0.481 e. The van der Waals surface area contributed by atoms with Crippen molar-refractivity contribution in [2.45, 2.75) is 24.1 Å². The van der Waals surface area contributed by atoms with Crippen LogP contribution in [-0.4, -0.2) is 33.2 Å². The summed E-state index contributed by atoms with van der Waals surface area (Å²) in [5, 5.41) is 1.01. The number of carbonyl (C=O) groups is 1. The molecular weight excluding hydrogens is 302 g/mol. The molecule has 0 unspecified atom stereocenters. The zero-order valence-corrected chi connectivity index (χ0v) is 13.3. The Hall–Kier alpha value is -2.35. The van der Waals surface area contributed by atoms with Gasteiger partial charge in [0.1, 0.15) is 5.03 Å². The number of hydrogen-bond acceptors (Lipinski definition) is 7. The molecule has 0 atom stereocenters. The highest BCUT2D eigenvalue weighted by atomic mass is 32.2.